The Morgan fingerprint density at radius 2 is 2.29 bits per heavy atom. The molecule has 0 spiro atoms. The van der Waals surface area contributed by atoms with E-state index in [0.29, 0.717) is 11.7 Å². The van der Waals surface area contributed by atoms with E-state index < -0.39 is 12.0 Å². The summed E-state index contributed by atoms with van der Waals surface area (Å²) >= 11 is 7.62. The van der Waals surface area contributed by atoms with E-state index >= 15 is 0 Å². The highest BCUT2D eigenvalue weighted by molar-refractivity contribution is 7.19. The normalized spacial score (nSPS) is 19.3. The largest absolute Gasteiger partial charge is 0.480 e. The Labute approximate surface area is 131 Å². The van der Waals surface area contributed by atoms with Gasteiger partial charge in [-0.2, -0.15) is 0 Å². The maximum absolute atomic E-state index is 11.1. The third-order valence-corrected chi connectivity index (χ3v) is 5.17. The highest BCUT2D eigenvalue weighted by Crippen LogP contribution is 2.40. The molecule has 112 valence electrons. The van der Waals surface area contributed by atoms with Gasteiger partial charge in [0.15, 0.2) is 0 Å². The highest BCUT2D eigenvalue weighted by Gasteiger charge is 2.24. The van der Waals surface area contributed by atoms with Crippen LogP contribution in [0.1, 0.15) is 30.7 Å². The van der Waals surface area contributed by atoms with Crippen LogP contribution in [0.2, 0.25) is 5.28 Å². The first-order chi connectivity index (χ1) is 9.95. The highest BCUT2D eigenvalue weighted by atomic mass is 35.5. The Morgan fingerprint density at radius 3 is 3.00 bits per heavy atom. The van der Waals surface area contributed by atoms with Gasteiger partial charge in [-0.25, -0.2) is 9.97 Å². The van der Waals surface area contributed by atoms with Crippen LogP contribution >= 0.6 is 22.9 Å². The summed E-state index contributed by atoms with van der Waals surface area (Å²) in [6.45, 7) is 3.84. The summed E-state index contributed by atoms with van der Waals surface area (Å²) in [6, 6.07) is -0.725. The van der Waals surface area contributed by atoms with Crippen molar-refractivity contribution in [3.63, 3.8) is 0 Å². The quantitative estimate of drug-likeness (QED) is 0.846. The molecule has 2 aromatic heterocycles. The number of carbonyl (C=O) groups is 1. The number of hydrogen-bond acceptors (Lipinski definition) is 5. The van der Waals surface area contributed by atoms with Crippen molar-refractivity contribution in [3.05, 3.63) is 15.7 Å². The molecule has 1 aliphatic rings. The van der Waals surface area contributed by atoms with Crippen molar-refractivity contribution in [2.75, 3.05) is 5.32 Å². The predicted molar refractivity (Wildman–Crippen MR) is 84.3 cm³/mol. The van der Waals surface area contributed by atoms with Gasteiger partial charge in [0.1, 0.15) is 16.7 Å². The molecular weight excluding hydrogens is 310 g/mol. The zero-order chi connectivity index (χ0) is 15.1. The van der Waals surface area contributed by atoms with Crippen LogP contribution in [0.25, 0.3) is 10.2 Å². The topological polar surface area (TPSA) is 75.1 Å². The molecule has 0 fully saturated rings. The van der Waals surface area contributed by atoms with E-state index in [1.54, 1.807) is 18.3 Å². The van der Waals surface area contributed by atoms with Crippen LogP contribution in [0.5, 0.6) is 0 Å². The lowest BCUT2D eigenvalue weighted by molar-refractivity contribution is -0.137. The maximum atomic E-state index is 11.1. The fraction of sp³-hybridized carbons (Fsp3) is 0.500. The van der Waals surface area contributed by atoms with Crippen LogP contribution in [0.4, 0.5) is 5.82 Å². The van der Waals surface area contributed by atoms with E-state index in [4.69, 9.17) is 16.7 Å². The van der Waals surface area contributed by atoms with E-state index in [1.165, 1.54) is 10.4 Å². The molecule has 2 N–H and O–H groups in total. The van der Waals surface area contributed by atoms with Crippen molar-refractivity contribution < 1.29 is 9.90 Å². The van der Waals surface area contributed by atoms with Crippen molar-refractivity contribution in [3.8, 4) is 0 Å². The van der Waals surface area contributed by atoms with E-state index in [9.17, 15) is 4.79 Å². The Kier molecular flexibility index (Phi) is 3.75. The monoisotopic (exact) mass is 325 g/mol. The summed E-state index contributed by atoms with van der Waals surface area (Å²) in [5.74, 6) is 0.283. The first kappa shape index (κ1) is 14.5. The number of rotatable bonds is 3. The maximum Gasteiger partial charge on any atom is 0.325 e. The SMILES string of the molecule is CC1CCc2c(sc3nc(Cl)nc(NC(C)C(=O)O)c23)C1. The molecule has 1 aliphatic carbocycles. The van der Waals surface area contributed by atoms with Crippen molar-refractivity contribution >= 4 is 44.9 Å². The Balaban J connectivity index is 2.12. The van der Waals surface area contributed by atoms with Crippen LogP contribution in [0.15, 0.2) is 0 Å². The number of aliphatic carboxylic acids is 1. The van der Waals surface area contributed by atoms with Crippen LogP contribution in [0, 0.1) is 5.92 Å². The number of halogens is 1. The van der Waals surface area contributed by atoms with Gasteiger partial charge in [-0.15, -0.1) is 11.3 Å². The second-order valence-corrected chi connectivity index (χ2v) is 7.00. The molecule has 3 rings (SSSR count). The molecule has 2 aromatic rings. The average Bonchev–Trinajstić information content (AvgIpc) is 2.75. The molecule has 7 heteroatoms. The molecule has 0 radical (unpaired) electrons. The summed E-state index contributed by atoms with van der Waals surface area (Å²) in [6.07, 6.45) is 3.16. The van der Waals surface area contributed by atoms with Gasteiger partial charge in [-0.05, 0) is 49.3 Å². The van der Waals surface area contributed by atoms with Gasteiger partial charge in [0, 0.05) is 4.88 Å². The second kappa shape index (κ2) is 5.42. The predicted octanol–water partition coefficient (Wildman–Crippen LogP) is 3.35. The van der Waals surface area contributed by atoms with Gasteiger partial charge in [0.25, 0.3) is 0 Å². The van der Waals surface area contributed by atoms with Gasteiger partial charge in [-0.3, -0.25) is 4.79 Å². The van der Waals surface area contributed by atoms with Crippen LogP contribution < -0.4 is 5.32 Å². The van der Waals surface area contributed by atoms with E-state index in [2.05, 4.69) is 22.2 Å². The molecule has 0 saturated carbocycles. The minimum Gasteiger partial charge on any atom is -0.480 e. The van der Waals surface area contributed by atoms with Crippen LogP contribution in [-0.2, 0) is 17.6 Å². The number of nitrogens with one attached hydrogen (secondary N) is 1. The van der Waals surface area contributed by atoms with E-state index in [1.807, 2.05) is 0 Å². The summed E-state index contributed by atoms with van der Waals surface area (Å²) < 4.78 is 0. The van der Waals surface area contributed by atoms with Gasteiger partial charge in [-0.1, -0.05) is 6.92 Å². The third kappa shape index (κ3) is 2.70. The molecule has 0 aromatic carbocycles. The summed E-state index contributed by atoms with van der Waals surface area (Å²) in [5, 5.41) is 13.1. The zero-order valence-electron chi connectivity index (χ0n) is 11.8. The molecule has 2 atom stereocenters. The van der Waals surface area contributed by atoms with Crippen LogP contribution in [0.3, 0.4) is 0 Å². The van der Waals surface area contributed by atoms with Gasteiger partial charge < -0.3 is 10.4 Å². The van der Waals surface area contributed by atoms with Crippen molar-refractivity contribution in [1.82, 2.24) is 9.97 Å². The summed E-state index contributed by atoms with van der Waals surface area (Å²) in [4.78, 5) is 21.7. The molecule has 0 saturated heterocycles. The number of aromatic nitrogens is 2. The average molecular weight is 326 g/mol. The van der Waals surface area contributed by atoms with Crippen molar-refractivity contribution in [2.24, 2.45) is 5.92 Å². The minimum absolute atomic E-state index is 0.147. The molecule has 0 bridgehead atoms. The molecule has 5 nitrogen and oxygen atoms in total. The van der Waals surface area contributed by atoms with E-state index in [-0.39, 0.29) is 5.28 Å². The van der Waals surface area contributed by atoms with Crippen molar-refractivity contribution in [2.45, 2.75) is 39.2 Å². The number of thiophene rings is 1. The Hall–Kier alpha value is -1.40. The molecule has 21 heavy (non-hydrogen) atoms. The number of hydrogen-bond donors (Lipinski definition) is 2. The molecule has 0 aliphatic heterocycles. The Morgan fingerprint density at radius 1 is 1.52 bits per heavy atom. The first-order valence-corrected chi connectivity index (χ1v) is 8.12. The number of anilines is 1. The lowest BCUT2D eigenvalue weighted by Crippen LogP contribution is -2.26. The van der Waals surface area contributed by atoms with Crippen molar-refractivity contribution in [1.29, 1.82) is 0 Å². The second-order valence-electron chi connectivity index (χ2n) is 5.58. The number of aryl methyl sites for hydroxylation is 1. The fourth-order valence-corrected chi connectivity index (χ4v) is 4.29. The minimum atomic E-state index is -0.921. The number of carboxylic acids is 1. The number of nitrogens with zero attached hydrogens (tertiary/aromatic N) is 2. The fourth-order valence-electron chi connectivity index (χ4n) is 2.69. The first-order valence-electron chi connectivity index (χ1n) is 6.93. The lowest BCUT2D eigenvalue weighted by Gasteiger charge is -2.18. The zero-order valence-corrected chi connectivity index (χ0v) is 13.4. The smallest absolute Gasteiger partial charge is 0.325 e. The molecule has 0 amide bonds. The Bertz CT molecular complexity index is 716. The number of carboxylic acid groups (broad SMARTS) is 1. The van der Waals surface area contributed by atoms with E-state index in [0.717, 1.165) is 29.5 Å². The summed E-state index contributed by atoms with van der Waals surface area (Å²) in [7, 11) is 0. The standard InChI is InChI=1S/C14H16ClN3O2S/c1-6-3-4-8-9(5-6)21-12-10(8)11(17-14(15)18-12)16-7(2)13(19)20/h6-7H,3-5H2,1-2H3,(H,19,20)(H,16,17,18). The molecule has 2 heterocycles. The van der Waals surface area contributed by atoms with Gasteiger partial charge in [0.05, 0.1) is 5.39 Å². The summed E-state index contributed by atoms with van der Waals surface area (Å²) in [5.41, 5.74) is 1.25. The third-order valence-electron chi connectivity index (χ3n) is 3.85. The lowest BCUT2D eigenvalue weighted by atomic mass is 9.89. The molecule has 2 unspecified atom stereocenters. The van der Waals surface area contributed by atoms with Crippen LogP contribution in [-0.4, -0.2) is 27.1 Å². The van der Waals surface area contributed by atoms with Gasteiger partial charge >= 0.3 is 5.97 Å². The molecular formula is C14H16ClN3O2S. The number of fused-ring (bicyclic) bond motifs is 3. The van der Waals surface area contributed by atoms with Gasteiger partial charge in [0.2, 0.25) is 5.28 Å².